The van der Waals surface area contributed by atoms with E-state index in [0.717, 1.165) is 12.8 Å². The van der Waals surface area contributed by atoms with Crippen LogP contribution in [0.3, 0.4) is 0 Å². The van der Waals surface area contributed by atoms with E-state index in [2.05, 4.69) is 5.92 Å². The summed E-state index contributed by atoms with van der Waals surface area (Å²) < 4.78 is 0. The van der Waals surface area contributed by atoms with Crippen LogP contribution in [0.1, 0.15) is 26.7 Å². The summed E-state index contributed by atoms with van der Waals surface area (Å²) in [6, 6.07) is -0.440. The fraction of sp³-hybridized carbons (Fsp3) is 0.692. The van der Waals surface area contributed by atoms with Crippen molar-refractivity contribution < 1.29 is 14.7 Å². The van der Waals surface area contributed by atoms with E-state index in [9.17, 15) is 9.59 Å². The Morgan fingerprint density at radius 2 is 2.06 bits per heavy atom. The lowest BCUT2D eigenvalue weighted by Gasteiger charge is -2.31. The molecular weight excluding hydrogens is 232 g/mol. The van der Waals surface area contributed by atoms with Crippen molar-refractivity contribution in [2.45, 2.75) is 32.7 Å². The standard InChI is InChI=1S/C13H20N2O3/c1-4-7-14(8-11-5-6-11)13(18)15(10(2)3)9-12(16)17/h1,10-11H,5-9H2,2-3H3,(H,16,17). The molecule has 0 aromatic rings. The summed E-state index contributed by atoms with van der Waals surface area (Å²) in [4.78, 5) is 26.0. The molecule has 0 heterocycles. The summed E-state index contributed by atoms with van der Waals surface area (Å²) in [6.45, 7) is 4.17. The van der Waals surface area contributed by atoms with Crippen molar-refractivity contribution in [1.82, 2.24) is 9.80 Å². The Kier molecular flexibility index (Phi) is 5.02. The lowest BCUT2D eigenvalue weighted by atomic mass is 10.3. The second-order valence-corrected chi connectivity index (χ2v) is 4.93. The number of aliphatic carboxylic acids is 1. The van der Waals surface area contributed by atoms with Gasteiger partial charge < -0.3 is 14.9 Å². The van der Waals surface area contributed by atoms with Gasteiger partial charge in [0.05, 0.1) is 6.54 Å². The summed E-state index contributed by atoms with van der Waals surface area (Å²) in [5.74, 6) is 1.98. The number of carboxylic acid groups (broad SMARTS) is 1. The number of carbonyl (C=O) groups excluding carboxylic acids is 1. The number of hydrogen-bond donors (Lipinski definition) is 1. The Morgan fingerprint density at radius 1 is 1.44 bits per heavy atom. The van der Waals surface area contributed by atoms with Crippen molar-refractivity contribution in [1.29, 1.82) is 0 Å². The Bertz CT molecular complexity index is 356. The van der Waals surface area contributed by atoms with Crippen LogP contribution in [0.4, 0.5) is 4.79 Å². The van der Waals surface area contributed by atoms with Crippen LogP contribution in [0.5, 0.6) is 0 Å². The second-order valence-electron chi connectivity index (χ2n) is 4.93. The highest BCUT2D eigenvalue weighted by atomic mass is 16.4. The van der Waals surface area contributed by atoms with Crippen LogP contribution >= 0.6 is 0 Å². The molecule has 5 nitrogen and oxygen atoms in total. The predicted molar refractivity (Wildman–Crippen MR) is 68.0 cm³/mol. The molecule has 1 N–H and O–H groups in total. The number of rotatable bonds is 6. The van der Waals surface area contributed by atoms with Crippen molar-refractivity contribution in [3.05, 3.63) is 0 Å². The van der Waals surface area contributed by atoms with E-state index >= 15 is 0 Å². The van der Waals surface area contributed by atoms with Gasteiger partial charge >= 0.3 is 12.0 Å². The zero-order chi connectivity index (χ0) is 13.7. The number of amides is 2. The maximum Gasteiger partial charge on any atom is 0.323 e. The molecule has 18 heavy (non-hydrogen) atoms. The van der Waals surface area contributed by atoms with Crippen molar-refractivity contribution in [3.8, 4) is 12.3 Å². The molecule has 0 radical (unpaired) electrons. The smallest absolute Gasteiger partial charge is 0.323 e. The first-order valence-electron chi connectivity index (χ1n) is 6.16. The van der Waals surface area contributed by atoms with Gasteiger partial charge in [-0.3, -0.25) is 4.79 Å². The largest absolute Gasteiger partial charge is 0.480 e. The summed E-state index contributed by atoms with van der Waals surface area (Å²) in [7, 11) is 0. The zero-order valence-corrected chi connectivity index (χ0v) is 10.9. The maximum absolute atomic E-state index is 12.3. The summed E-state index contributed by atoms with van der Waals surface area (Å²) in [6.07, 6.45) is 7.50. The minimum absolute atomic E-state index is 0.159. The molecule has 0 atom stereocenters. The zero-order valence-electron chi connectivity index (χ0n) is 10.9. The van der Waals surface area contributed by atoms with Crippen molar-refractivity contribution >= 4 is 12.0 Å². The minimum atomic E-state index is -1.01. The molecule has 2 amide bonds. The molecule has 1 fully saturated rings. The quantitative estimate of drug-likeness (QED) is 0.724. The first-order valence-corrected chi connectivity index (χ1v) is 6.16. The van der Waals surface area contributed by atoms with E-state index in [1.54, 1.807) is 18.7 Å². The van der Waals surface area contributed by atoms with Crippen LogP contribution in [0.25, 0.3) is 0 Å². The van der Waals surface area contributed by atoms with Gasteiger partial charge in [-0.05, 0) is 32.6 Å². The average molecular weight is 252 g/mol. The van der Waals surface area contributed by atoms with E-state index in [0.29, 0.717) is 12.5 Å². The lowest BCUT2D eigenvalue weighted by molar-refractivity contribution is -0.138. The molecule has 0 aromatic heterocycles. The summed E-state index contributed by atoms with van der Waals surface area (Å²) in [5.41, 5.74) is 0. The van der Waals surface area contributed by atoms with Gasteiger partial charge in [0, 0.05) is 12.6 Å². The maximum atomic E-state index is 12.3. The molecule has 100 valence electrons. The Morgan fingerprint density at radius 3 is 2.44 bits per heavy atom. The first-order chi connectivity index (χ1) is 8.45. The third kappa shape index (κ3) is 4.28. The Labute approximate surface area is 108 Å². The third-order valence-electron chi connectivity index (χ3n) is 2.90. The number of terminal acetylenes is 1. The Balaban J connectivity index is 2.69. The van der Waals surface area contributed by atoms with Crippen LogP contribution in [0.15, 0.2) is 0 Å². The molecule has 0 saturated heterocycles. The van der Waals surface area contributed by atoms with E-state index < -0.39 is 5.97 Å². The minimum Gasteiger partial charge on any atom is -0.480 e. The number of carbonyl (C=O) groups is 2. The lowest BCUT2D eigenvalue weighted by Crippen LogP contribution is -2.49. The SMILES string of the molecule is C#CCN(CC1CC1)C(=O)N(CC(=O)O)C(C)C. The van der Waals surface area contributed by atoms with Crippen molar-refractivity contribution in [2.75, 3.05) is 19.6 Å². The molecule has 0 spiro atoms. The van der Waals surface area contributed by atoms with Gasteiger partial charge in [-0.25, -0.2) is 4.79 Å². The number of nitrogens with zero attached hydrogens (tertiary/aromatic N) is 2. The van der Waals surface area contributed by atoms with Crippen molar-refractivity contribution in [2.24, 2.45) is 5.92 Å². The van der Waals surface area contributed by atoms with E-state index in [-0.39, 0.29) is 25.2 Å². The second kappa shape index (κ2) is 6.29. The number of hydrogen-bond acceptors (Lipinski definition) is 2. The van der Waals surface area contributed by atoms with Crippen LogP contribution in [-0.4, -0.2) is 52.6 Å². The van der Waals surface area contributed by atoms with Crippen LogP contribution in [0.2, 0.25) is 0 Å². The molecule has 0 aliphatic heterocycles. The Hall–Kier alpha value is -1.70. The molecule has 1 saturated carbocycles. The van der Waals surface area contributed by atoms with E-state index in [1.165, 1.54) is 4.90 Å². The fourth-order valence-electron chi connectivity index (χ4n) is 1.73. The molecule has 0 unspecified atom stereocenters. The summed E-state index contributed by atoms with van der Waals surface area (Å²) in [5, 5.41) is 8.83. The third-order valence-corrected chi connectivity index (χ3v) is 2.90. The topological polar surface area (TPSA) is 60.9 Å². The highest BCUT2D eigenvalue weighted by molar-refractivity contribution is 5.80. The molecule has 1 aliphatic rings. The van der Waals surface area contributed by atoms with Crippen LogP contribution < -0.4 is 0 Å². The monoisotopic (exact) mass is 252 g/mol. The van der Waals surface area contributed by atoms with Gasteiger partial charge in [-0.2, -0.15) is 0 Å². The van der Waals surface area contributed by atoms with Gasteiger partial charge in [0.1, 0.15) is 6.54 Å². The van der Waals surface area contributed by atoms with Gasteiger partial charge in [-0.15, -0.1) is 6.42 Å². The normalized spacial score (nSPS) is 14.1. The van der Waals surface area contributed by atoms with Gasteiger partial charge in [0.25, 0.3) is 0 Å². The van der Waals surface area contributed by atoms with E-state index in [4.69, 9.17) is 11.5 Å². The predicted octanol–water partition coefficient (Wildman–Crippen LogP) is 1.25. The van der Waals surface area contributed by atoms with Gasteiger partial charge in [0.2, 0.25) is 0 Å². The summed E-state index contributed by atoms with van der Waals surface area (Å²) >= 11 is 0. The molecule has 0 bridgehead atoms. The fourth-order valence-corrected chi connectivity index (χ4v) is 1.73. The molecule has 5 heteroatoms. The van der Waals surface area contributed by atoms with Crippen LogP contribution in [0, 0.1) is 18.3 Å². The first kappa shape index (κ1) is 14.4. The number of carboxylic acids is 1. The van der Waals surface area contributed by atoms with E-state index in [1.807, 2.05) is 0 Å². The highest BCUT2D eigenvalue weighted by Crippen LogP contribution is 2.30. The molecular formula is C13H20N2O3. The number of urea groups is 1. The molecule has 1 rings (SSSR count). The highest BCUT2D eigenvalue weighted by Gasteiger charge is 2.30. The van der Waals surface area contributed by atoms with Gasteiger partial charge in [0.15, 0.2) is 0 Å². The average Bonchev–Trinajstić information content (AvgIpc) is 3.07. The van der Waals surface area contributed by atoms with Crippen molar-refractivity contribution in [3.63, 3.8) is 0 Å². The molecule has 1 aliphatic carbocycles. The molecule has 0 aromatic carbocycles. The van der Waals surface area contributed by atoms with Gasteiger partial charge in [-0.1, -0.05) is 5.92 Å². The van der Waals surface area contributed by atoms with Crippen LogP contribution in [-0.2, 0) is 4.79 Å².